The first-order valence-electron chi connectivity index (χ1n) is 4.76. The fourth-order valence-corrected chi connectivity index (χ4v) is 1.84. The smallest absolute Gasteiger partial charge is 0.272 e. The second-order valence-electron chi connectivity index (χ2n) is 3.44. The molecule has 4 nitrogen and oxygen atoms in total. The van der Waals surface area contributed by atoms with Crippen molar-refractivity contribution < 1.29 is 9.53 Å². The number of carbonyl (C=O) groups is 1. The maximum Gasteiger partial charge on any atom is 0.272 e. The van der Waals surface area contributed by atoms with Gasteiger partial charge < -0.3 is 4.74 Å². The van der Waals surface area contributed by atoms with Crippen molar-refractivity contribution in [1.29, 1.82) is 0 Å². The molecule has 3 rings (SSSR count). The predicted octanol–water partition coefficient (Wildman–Crippen LogP) is 2.14. The Morgan fingerprint density at radius 2 is 2.25 bits per heavy atom. The van der Waals surface area contributed by atoms with Crippen molar-refractivity contribution in [2.24, 2.45) is 0 Å². The largest absolute Gasteiger partial charge is 0.483 e. The molecule has 16 heavy (non-hydrogen) atoms. The molecule has 1 aromatic carbocycles. The number of aromatic nitrogens is 2. The summed E-state index contributed by atoms with van der Waals surface area (Å²) < 4.78 is 7.33. The van der Waals surface area contributed by atoms with Gasteiger partial charge in [0.05, 0.1) is 5.69 Å². The number of ether oxygens (including phenoxy) is 1. The minimum atomic E-state index is -0.556. The molecule has 2 heterocycles. The molecule has 0 N–H and O–H groups in total. The summed E-state index contributed by atoms with van der Waals surface area (Å²) in [6, 6.07) is 7.58. The minimum Gasteiger partial charge on any atom is -0.483 e. The molecule has 0 atom stereocenters. The molecular weight excluding hydrogens is 228 g/mol. The van der Waals surface area contributed by atoms with E-state index in [1.54, 1.807) is 6.20 Å². The topological polar surface area (TPSA) is 44.1 Å². The Labute approximate surface area is 96.4 Å². The summed E-state index contributed by atoms with van der Waals surface area (Å²) in [6.07, 6.45) is 1.63. The highest BCUT2D eigenvalue weighted by molar-refractivity contribution is 6.67. The van der Waals surface area contributed by atoms with Crippen LogP contribution >= 0.6 is 11.6 Å². The van der Waals surface area contributed by atoms with Crippen LogP contribution in [0.1, 0.15) is 16.3 Å². The average Bonchev–Trinajstić information content (AvgIpc) is 2.73. The number of nitrogens with zero attached hydrogens (tertiary/aromatic N) is 2. The average molecular weight is 235 g/mol. The van der Waals surface area contributed by atoms with Gasteiger partial charge in [0, 0.05) is 6.20 Å². The van der Waals surface area contributed by atoms with Gasteiger partial charge in [-0.05, 0) is 23.7 Å². The van der Waals surface area contributed by atoms with Gasteiger partial charge in [-0.25, -0.2) is 4.98 Å². The molecule has 1 aromatic heterocycles. The van der Waals surface area contributed by atoms with Gasteiger partial charge in [0.1, 0.15) is 18.1 Å². The highest BCUT2D eigenvalue weighted by Crippen LogP contribution is 2.29. The summed E-state index contributed by atoms with van der Waals surface area (Å²) in [5.41, 5.74) is 1.12. The third kappa shape index (κ3) is 1.31. The van der Waals surface area contributed by atoms with E-state index in [1.807, 2.05) is 28.8 Å². The van der Waals surface area contributed by atoms with E-state index in [-0.39, 0.29) is 5.69 Å². The molecule has 0 bridgehead atoms. The Morgan fingerprint density at radius 1 is 1.44 bits per heavy atom. The first-order chi connectivity index (χ1) is 7.75. The number of carbonyl (C=O) groups excluding carboxylic acids is 1. The van der Waals surface area contributed by atoms with Gasteiger partial charge >= 0.3 is 0 Å². The molecule has 1 aliphatic heterocycles. The minimum absolute atomic E-state index is 0.247. The fourth-order valence-electron chi connectivity index (χ4n) is 1.74. The molecule has 1 aliphatic rings. The van der Waals surface area contributed by atoms with Crippen molar-refractivity contribution in [3.8, 4) is 11.4 Å². The van der Waals surface area contributed by atoms with Crippen LogP contribution in [0.2, 0.25) is 0 Å². The lowest BCUT2D eigenvalue weighted by molar-refractivity contribution is 0.107. The molecule has 0 saturated carbocycles. The Morgan fingerprint density at radius 3 is 3.06 bits per heavy atom. The van der Waals surface area contributed by atoms with E-state index in [0.717, 1.165) is 11.4 Å². The fraction of sp³-hybridized carbons (Fsp3) is 0.0909. The second kappa shape index (κ2) is 3.35. The molecule has 0 spiro atoms. The zero-order valence-electron chi connectivity index (χ0n) is 8.18. The Kier molecular flexibility index (Phi) is 1.97. The van der Waals surface area contributed by atoms with Crippen LogP contribution in [0, 0.1) is 0 Å². The molecule has 0 unspecified atom stereocenters. The summed E-state index contributed by atoms with van der Waals surface area (Å²) in [4.78, 5) is 15.1. The number of hydrogen-bond donors (Lipinski definition) is 0. The highest BCUT2D eigenvalue weighted by Gasteiger charge is 2.20. The van der Waals surface area contributed by atoms with Gasteiger partial charge in [-0.1, -0.05) is 12.1 Å². The molecule has 80 valence electrons. The summed E-state index contributed by atoms with van der Waals surface area (Å²) in [5.74, 6) is 1.46. The van der Waals surface area contributed by atoms with E-state index >= 15 is 0 Å². The molecule has 0 saturated heterocycles. The Bertz CT molecular complexity index is 577. The molecule has 0 fully saturated rings. The standard InChI is InChI=1S/C11H7ClN2O2/c12-11(15)7-5-14-8-3-1-2-4-9(8)16-6-10(14)13-7/h1-5H,6H2. The zero-order valence-corrected chi connectivity index (χ0v) is 8.94. The van der Waals surface area contributed by atoms with Crippen LogP contribution in [0.25, 0.3) is 5.69 Å². The van der Waals surface area contributed by atoms with E-state index in [0.29, 0.717) is 12.4 Å². The van der Waals surface area contributed by atoms with Crippen molar-refractivity contribution >= 4 is 16.8 Å². The zero-order chi connectivity index (χ0) is 11.1. The number of benzene rings is 1. The van der Waals surface area contributed by atoms with Crippen molar-refractivity contribution in [3.05, 3.63) is 42.0 Å². The van der Waals surface area contributed by atoms with Crippen molar-refractivity contribution in [3.63, 3.8) is 0 Å². The number of hydrogen-bond acceptors (Lipinski definition) is 3. The van der Waals surface area contributed by atoms with E-state index in [4.69, 9.17) is 16.3 Å². The van der Waals surface area contributed by atoms with Gasteiger partial charge in [-0.2, -0.15) is 0 Å². The monoisotopic (exact) mass is 234 g/mol. The normalized spacial score (nSPS) is 12.6. The number of fused-ring (bicyclic) bond motifs is 3. The van der Waals surface area contributed by atoms with Gasteiger partial charge in [0.25, 0.3) is 5.24 Å². The molecule has 0 aliphatic carbocycles. The quantitative estimate of drug-likeness (QED) is 0.710. The van der Waals surface area contributed by atoms with Crippen molar-refractivity contribution in [1.82, 2.24) is 9.55 Å². The van der Waals surface area contributed by atoms with E-state index in [2.05, 4.69) is 4.98 Å². The van der Waals surface area contributed by atoms with E-state index in [1.165, 1.54) is 0 Å². The SMILES string of the molecule is O=C(Cl)c1cn2c(n1)COc1ccccc1-2. The third-order valence-electron chi connectivity index (χ3n) is 2.46. The van der Waals surface area contributed by atoms with E-state index in [9.17, 15) is 4.79 Å². The van der Waals surface area contributed by atoms with Gasteiger partial charge in [0.15, 0.2) is 5.82 Å². The number of rotatable bonds is 1. The summed E-state index contributed by atoms with van der Waals surface area (Å²) >= 11 is 5.39. The van der Waals surface area contributed by atoms with Crippen LogP contribution in [0.4, 0.5) is 0 Å². The van der Waals surface area contributed by atoms with Crippen LogP contribution in [-0.4, -0.2) is 14.8 Å². The third-order valence-corrected chi connectivity index (χ3v) is 2.66. The number of halogens is 1. The summed E-state index contributed by atoms with van der Waals surface area (Å²) in [6.45, 7) is 0.348. The van der Waals surface area contributed by atoms with Gasteiger partial charge in [-0.3, -0.25) is 9.36 Å². The maximum atomic E-state index is 11.0. The molecule has 0 amide bonds. The Hall–Kier alpha value is -1.81. The Balaban J connectivity index is 2.20. The van der Waals surface area contributed by atoms with Crippen LogP contribution < -0.4 is 4.74 Å². The van der Waals surface area contributed by atoms with Crippen LogP contribution in [0.5, 0.6) is 5.75 Å². The molecule has 5 heteroatoms. The lowest BCUT2D eigenvalue weighted by Gasteiger charge is -2.18. The van der Waals surface area contributed by atoms with Crippen LogP contribution in [-0.2, 0) is 6.61 Å². The summed E-state index contributed by atoms with van der Waals surface area (Å²) in [5, 5.41) is -0.556. The first kappa shape index (κ1) is 9.42. The molecular formula is C11H7ClN2O2. The lowest BCUT2D eigenvalue weighted by atomic mass is 10.2. The first-order valence-corrected chi connectivity index (χ1v) is 5.14. The second-order valence-corrected chi connectivity index (χ2v) is 3.79. The van der Waals surface area contributed by atoms with Gasteiger partial charge in [0.2, 0.25) is 0 Å². The van der Waals surface area contributed by atoms with Crippen molar-refractivity contribution in [2.45, 2.75) is 6.61 Å². The summed E-state index contributed by atoms with van der Waals surface area (Å²) in [7, 11) is 0. The van der Waals surface area contributed by atoms with Crippen molar-refractivity contribution in [2.75, 3.05) is 0 Å². The maximum absolute atomic E-state index is 11.0. The number of imidazole rings is 1. The van der Waals surface area contributed by atoms with Crippen LogP contribution in [0.3, 0.4) is 0 Å². The lowest BCUT2D eigenvalue weighted by Crippen LogP contribution is -2.12. The van der Waals surface area contributed by atoms with E-state index < -0.39 is 5.24 Å². The number of para-hydroxylation sites is 2. The van der Waals surface area contributed by atoms with Gasteiger partial charge in [-0.15, -0.1) is 0 Å². The van der Waals surface area contributed by atoms with Crippen LogP contribution in [0.15, 0.2) is 30.5 Å². The molecule has 0 radical (unpaired) electrons. The predicted molar refractivity (Wildman–Crippen MR) is 58.1 cm³/mol. The molecule has 2 aromatic rings. The highest BCUT2D eigenvalue weighted by atomic mass is 35.5.